The molecule has 2 aliphatic heterocycles. The van der Waals surface area contributed by atoms with Crippen LogP contribution in [-0.4, -0.2) is 95.0 Å². The molecule has 6 atom stereocenters. The van der Waals surface area contributed by atoms with Gasteiger partial charge in [-0.15, -0.1) is 6.58 Å². The van der Waals surface area contributed by atoms with E-state index in [-0.39, 0.29) is 61.4 Å². The topological polar surface area (TPSA) is 174 Å². The number of fused-ring (bicyclic) bond motifs is 1. The quantitative estimate of drug-likeness (QED) is 0.133. The minimum absolute atomic E-state index is 0.0127. The maximum Gasteiger partial charge on any atom is 0.315 e. The van der Waals surface area contributed by atoms with Gasteiger partial charge in [-0.05, 0) is 34.5 Å². The van der Waals surface area contributed by atoms with Crippen LogP contribution in [0.3, 0.4) is 0 Å². The number of hydrogen-bond acceptors (Lipinski definition) is 7. The number of ketones is 1. The fourth-order valence-corrected chi connectivity index (χ4v) is 6.73. The van der Waals surface area contributed by atoms with Crippen LogP contribution >= 0.6 is 0 Å². The lowest BCUT2D eigenvalue weighted by molar-refractivity contribution is -0.145. The standard InChI is InChI=1S/C34H54N6O7/c1-11-13-20(26(43)29(45)35-16-12-2)36-28(44)25-24-19(34(24,9)10)17-40(25)30(46)27(33(6,7)8)38-31(47)37-21(32(3,4)5)18-39-22(41)14-15-23(39)42/h12,19-21,24-25,27H,2,11,13-18H2,1,3-10H3,(H,35,45)(H,36,44)(H2,37,38,47)/t19-,20?,21+,24-,25-,27+/m0/s1. The van der Waals surface area contributed by atoms with Crippen LogP contribution in [0.15, 0.2) is 12.7 Å². The normalized spacial score (nSPS) is 23.7. The first kappa shape index (κ1) is 37.7. The van der Waals surface area contributed by atoms with Crippen molar-refractivity contribution in [3.63, 3.8) is 0 Å². The van der Waals surface area contributed by atoms with Gasteiger partial charge in [-0.3, -0.25) is 33.7 Å². The maximum absolute atomic E-state index is 14.3. The second kappa shape index (κ2) is 14.1. The molecule has 3 rings (SSSR count). The summed E-state index contributed by atoms with van der Waals surface area (Å²) in [6.07, 6.45) is 2.52. The van der Waals surface area contributed by atoms with E-state index in [0.717, 1.165) is 0 Å². The van der Waals surface area contributed by atoms with Crippen molar-refractivity contribution in [3.8, 4) is 0 Å². The Bertz CT molecular complexity index is 1280. The Balaban J connectivity index is 1.82. The van der Waals surface area contributed by atoms with Gasteiger partial charge in [0.15, 0.2) is 0 Å². The molecule has 0 aromatic heterocycles. The van der Waals surface area contributed by atoms with E-state index in [9.17, 15) is 33.6 Å². The molecule has 0 spiro atoms. The largest absolute Gasteiger partial charge is 0.346 e. The van der Waals surface area contributed by atoms with Gasteiger partial charge >= 0.3 is 6.03 Å². The Kier molecular flexibility index (Phi) is 11.3. The van der Waals surface area contributed by atoms with E-state index in [1.165, 1.54) is 15.9 Å². The van der Waals surface area contributed by atoms with Crippen LogP contribution < -0.4 is 21.3 Å². The van der Waals surface area contributed by atoms with Gasteiger partial charge in [0.05, 0.1) is 12.1 Å². The molecule has 13 nitrogen and oxygen atoms in total. The smallest absolute Gasteiger partial charge is 0.315 e. The summed E-state index contributed by atoms with van der Waals surface area (Å²) < 4.78 is 0. The van der Waals surface area contributed by atoms with E-state index in [2.05, 4.69) is 27.8 Å². The van der Waals surface area contributed by atoms with Crippen LogP contribution in [0.2, 0.25) is 0 Å². The molecule has 0 aromatic rings. The third-order valence-corrected chi connectivity index (χ3v) is 9.86. The summed E-state index contributed by atoms with van der Waals surface area (Å²) in [5, 5.41) is 11.0. The average Bonchev–Trinajstić information content (AvgIpc) is 3.24. The zero-order valence-corrected chi connectivity index (χ0v) is 29.5. The molecule has 2 heterocycles. The van der Waals surface area contributed by atoms with Crippen molar-refractivity contribution in [1.29, 1.82) is 0 Å². The van der Waals surface area contributed by atoms with Crippen LogP contribution in [0, 0.1) is 28.1 Å². The summed E-state index contributed by atoms with van der Waals surface area (Å²) in [4.78, 5) is 94.4. The first-order valence-corrected chi connectivity index (χ1v) is 16.6. The third-order valence-electron chi connectivity index (χ3n) is 9.86. The number of urea groups is 1. The van der Waals surface area contributed by atoms with E-state index in [1.54, 1.807) is 0 Å². The first-order chi connectivity index (χ1) is 21.7. The van der Waals surface area contributed by atoms with Gasteiger partial charge in [-0.1, -0.05) is 74.8 Å². The van der Waals surface area contributed by atoms with Crippen molar-refractivity contribution in [2.75, 3.05) is 19.6 Å². The molecule has 1 unspecified atom stereocenters. The fourth-order valence-electron chi connectivity index (χ4n) is 6.73. The highest BCUT2D eigenvalue weighted by molar-refractivity contribution is 6.38. The van der Waals surface area contributed by atoms with Gasteiger partial charge in [0.2, 0.25) is 29.4 Å². The van der Waals surface area contributed by atoms with Gasteiger partial charge in [-0.2, -0.15) is 0 Å². The molecule has 47 heavy (non-hydrogen) atoms. The van der Waals surface area contributed by atoms with Crippen LogP contribution in [-0.2, 0) is 28.8 Å². The second-order valence-corrected chi connectivity index (χ2v) is 15.8. The number of amides is 7. The van der Waals surface area contributed by atoms with Crippen molar-refractivity contribution in [2.45, 2.75) is 112 Å². The number of nitrogens with zero attached hydrogens (tertiary/aromatic N) is 2. The number of hydrogen-bond donors (Lipinski definition) is 4. The molecular weight excluding hydrogens is 604 g/mol. The number of Topliss-reactive ketones (excluding diaryl/α,β-unsaturated/α-hetero) is 1. The Morgan fingerprint density at radius 2 is 1.55 bits per heavy atom. The Morgan fingerprint density at radius 1 is 0.957 bits per heavy atom. The van der Waals surface area contributed by atoms with Gasteiger partial charge in [0.1, 0.15) is 12.1 Å². The van der Waals surface area contributed by atoms with E-state index in [4.69, 9.17) is 0 Å². The molecule has 0 aromatic carbocycles. The fraction of sp³-hybridized carbons (Fsp3) is 0.735. The van der Waals surface area contributed by atoms with Crippen molar-refractivity contribution < 1.29 is 33.6 Å². The number of carbonyl (C=O) groups is 7. The highest BCUT2D eigenvalue weighted by Gasteiger charge is 2.70. The van der Waals surface area contributed by atoms with Crippen molar-refractivity contribution in [1.82, 2.24) is 31.1 Å². The number of imide groups is 1. The number of likely N-dealkylation sites (tertiary alicyclic amines) is 2. The van der Waals surface area contributed by atoms with Gasteiger partial charge in [0.25, 0.3) is 5.91 Å². The number of piperidine rings is 1. The molecule has 1 saturated carbocycles. The van der Waals surface area contributed by atoms with Crippen LogP contribution in [0.5, 0.6) is 0 Å². The molecule has 13 heteroatoms. The number of nitrogens with one attached hydrogen (secondary N) is 4. The minimum atomic E-state index is -1.05. The lowest BCUT2D eigenvalue weighted by atomic mass is 9.85. The molecule has 1 aliphatic carbocycles. The minimum Gasteiger partial charge on any atom is -0.346 e. The van der Waals surface area contributed by atoms with Crippen LogP contribution in [0.4, 0.5) is 4.79 Å². The van der Waals surface area contributed by atoms with Gasteiger partial charge < -0.3 is 26.2 Å². The monoisotopic (exact) mass is 658 g/mol. The molecule has 262 valence electrons. The molecule has 3 aliphatic rings. The van der Waals surface area contributed by atoms with Crippen molar-refractivity contribution in [2.24, 2.45) is 28.1 Å². The highest BCUT2D eigenvalue weighted by Crippen LogP contribution is 2.65. The molecule has 7 amide bonds. The van der Waals surface area contributed by atoms with E-state index in [0.29, 0.717) is 13.0 Å². The molecule has 0 bridgehead atoms. The van der Waals surface area contributed by atoms with Crippen molar-refractivity contribution in [3.05, 3.63) is 12.7 Å². The Morgan fingerprint density at radius 3 is 2.06 bits per heavy atom. The molecule has 4 N–H and O–H groups in total. The SMILES string of the molecule is C=CCNC(=O)C(=O)C(CCC)NC(=O)[C@@H]1[C@@H]2[C@H](CN1C(=O)[C@@H](NC(=O)N[C@H](CN1C(=O)CCC1=O)C(C)(C)C)C(C)(C)C)C2(C)C. The van der Waals surface area contributed by atoms with E-state index < -0.39 is 64.5 Å². The number of carbonyl (C=O) groups excluding carboxylic acids is 7. The van der Waals surface area contributed by atoms with E-state index in [1.807, 2.05) is 62.3 Å². The maximum atomic E-state index is 14.3. The second-order valence-electron chi connectivity index (χ2n) is 15.8. The Hall–Kier alpha value is -3.77. The molecule has 2 saturated heterocycles. The summed E-state index contributed by atoms with van der Waals surface area (Å²) in [5.41, 5.74) is -1.50. The van der Waals surface area contributed by atoms with Gasteiger partial charge in [0, 0.05) is 32.5 Å². The molecule has 0 radical (unpaired) electrons. The molecular formula is C34H54N6O7. The highest BCUT2D eigenvalue weighted by atomic mass is 16.2. The lowest BCUT2D eigenvalue weighted by Gasteiger charge is -2.39. The summed E-state index contributed by atoms with van der Waals surface area (Å²) >= 11 is 0. The summed E-state index contributed by atoms with van der Waals surface area (Å²) in [7, 11) is 0. The zero-order valence-electron chi connectivity index (χ0n) is 29.5. The van der Waals surface area contributed by atoms with Crippen LogP contribution in [0.25, 0.3) is 0 Å². The summed E-state index contributed by atoms with van der Waals surface area (Å²) in [6.45, 7) is 21.0. The molecule has 3 fully saturated rings. The zero-order chi connectivity index (χ0) is 35.6. The lowest BCUT2D eigenvalue weighted by Crippen LogP contribution is -2.62. The third kappa shape index (κ3) is 8.39. The predicted octanol–water partition coefficient (Wildman–Crippen LogP) is 1.90. The van der Waals surface area contributed by atoms with Gasteiger partial charge in [-0.25, -0.2) is 4.79 Å². The summed E-state index contributed by atoms with van der Waals surface area (Å²) in [6, 6.07) is -4.22. The predicted molar refractivity (Wildman–Crippen MR) is 175 cm³/mol. The summed E-state index contributed by atoms with van der Waals surface area (Å²) in [5.74, 6) is -3.20. The first-order valence-electron chi connectivity index (χ1n) is 16.6. The van der Waals surface area contributed by atoms with Crippen LogP contribution in [0.1, 0.15) is 88.0 Å². The van der Waals surface area contributed by atoms with Crippen molar-refractivity contribution >= 4 is 41.4 Å². The number of rotatable bonds is 13. The Labute approximate surface area is 278 Å². The van der Waals surface area contributed by atoms with E-state index >= 15 is 0 Å². The average molecular weight is 659 g/mol.